The van der Waals surface area contributed by atoms with Crippen molar-refractivity contribution in [2.24, 2.45) is 16.7 Å². The molecule has 166 valence electrons. The van der Waals surface area contributed by atoms with Gasteiger partial charge < -0.3 is 11.1 Å². The van der Waals surface area contributed by atoms with Crippen molar-refractivity contribution >= 4 is 27.2 Å². The lowest BCUT2D eigenvalue weighted by molar-refractivity contribution is -0.733. The molecule has 4 atom stereocenters. The van der Waals surface area contributed by atoms with Gasteiger partial charge in [0.2, 0.25) is 10.9 Å². The van der Waals surface area contributed by atoms with Gasteiger partial charge in [0.15, 0.2) is 12.4 Å². The van der Waals surface area contributed by atoms with Crippen LogP contribution in [0.5, 0.6) is 0 Å². The van der Waals surface area contributed by atoms with Crippen molar-refractivity contribution in [1.82, 2.24) is 0 Å². The van der Waals surface area contributed by atoms with Gasteiger partial charge in [0, 0.05) is 35.6 Å². The highest BCUT2D eigenvalue weighted by Gasteiger charge is 2.82. The Bertz CT molecular complexity index is 1150. The number of hydrogen-bond donors (Lipinski definition) is 3. The number of hydrogen-bond acceptors (Lipinski definition) is 6. The molecule has 4 rings (SSSR count). The first kappa shape index (κ1) is 21.5. The van der Waals surface area contributed by atoms with Crippen LogP contribution in [0.3, 0.4) is 0 Å². The van der Waals surface area contributed by atoms with Gasteiger partial charge >= 0.3 is 0 Å². The molecule has 2 bridgehead atoms. The molecule has 2 fully saturated rings. The van der Waals surface area contributed by atoms with Crippen molar-refractivity contribution in [3.8, 4) is 0 Å². The Morgan fingerprint density at radius 3 is 2.42 bits per heavy atom. The van der Waals surface area contributed by atoms with Crippen LogP contribution in [-0.2, 0) is 10.1 Å². The predicted molar refractivity (Wildman–Crippen MR) is 116 cm³/mol. The number of rotatable bonds is 5. The van der Waals surface area contributed by atoms with Crippen LogP contribution >= 0.6 is 0 Å². The maximum Gasteiger partial charge on any atom is 0.296 e. The Labute approximate surface area is 181 Å². The average Bonchev–Trinajstić information content (AvgIpc) is 3.00. The first-order chi connectivity index (χ1) is 14.4. The molecule has 9 nitrogen and oxygen atoms in total. The van der Waals surface area contributed by atoms with Gasteiger partial charge in [-0.05, 0) is 24.3 Å². The van der Waals surface area contributed by atoms with Gasteiger partial charge in [-0.2, -0.15) is 13.0 Å². The molecule has 10 heteroatoms. The van der Waals surface area contributed by atoms with Crippen LogP contribution in [-0.4, -0.2) is 22.8 Å². The van der Waals surface area contributed by atoms with E-state index < -0.39 is 36.8 Å². The third-order valence-electron chi connectivity index (χ3n) is 7.95. The summed E-state index contributed by atoms with van der Waals surface area (Å²) < 4.78 is 39.1. The summed E-state index contributed by atoms with van der Waals surface area (Å²) in [5, 5.41) is 14.2. The lowest BCUT2D eigenvalue weighted by atomic mass is 9.68. The molecule has 0 saturated heterocycles. The molecule has 1 aromatic carbocycles. The van der Waals surface area contributed by atoms with Gasteiger partial charge in [0.05, 0.1) is 16.3 Å². The highest BCUT2D eigenvalue weighted by molar-refractivity contribution is 7.87. The van der Waals surface area contributed by atoms with Crippen LogP contribution in [0.4, 0.5) is 17.1 Å². The number of aromatic nitrogens is 1. The Kier molecular flexibility index (Phi) is 4.61. The first-order valence-electron chi connectivity index (χ1n) is 10.1. The monoisotopic (exact) mass is 447 g/mol. The first-order valence-corrected chi connectivity index (χ1v) is 11.6. The molecule has 0 amide bonds. The van der Waals surface area contributed by atoms with Crippen molar-refractivity contribution in [3.63, 3.8) is 0 Å². The molecule has 2 aromatic rings. The maximum absolute atomic E-state index is 13.2. The van der Waals surface area contributed by atoms with E-state index in [1.807, 2.05) is 43.5 Å². The number of anilines is 2. The van der Waals surface area contributed by atoms with E-state index in [-0.39, 0.29) is 23.0 Å². The fourth-order valence-corrected chi connectivity index (χ4v) is 7.83. The number of non-ortho nitro benzene ring substituents is 1. The van der Waals surface area contributed by atoms with Gasteiger partial charge in [-0.1, -0.05) is 26.8 Å². The summed E-state index contributed by atoms with van der Waals surface area (Å²) in [6.07, 6.45) is 5.00. The minimum absolute atomic E-state index is 0.0400. The van der Waals surface area contributed by atoms with E-state index in [2.05, 4.69) is 5.32 Å². The molecular formula is C21H27N4O5S+. The fourth-order valence-electron chi connectivity index (χ4n) is 6.07. The van der Waals surface area contributed by atoms with E-state index in [1.165, 1.54) is 18.2 Å². The number of fused-ring (bicyclic) bond motifs is 2. The topological polar surface area (TPSA) is 139 Å². The van der Waals surface area contributed by atoms with E-state index in [4.69, 9.17) is 5.73 Å². The van der Waals surface area contributed by atoms with Gasteiger partial charge in [-0.15, -0.1) is 0 Å². The molecule has 31 heavy (non-hydrogen) atoms. The van der Waals surface area contributed by atoms with E-state index in [0.29, 0.717) is 6.42 Å². The fraction of sp³-hybridized carbons (Fsp3) is 0.476. The maximum atomic E-state index is 13.2. The highest BCUT2D eigenvalue weighted by atomic mass is 32.2. The van der Waals surface area contributed by atoms with Crippen molar-refractivity contribution in [1.29, 1.82) is 0 Å². The summed E-state index contributed by atoms with van der Waals surface area (Å²) in [5.74, 6) is -0.0430. The Balaban J connectivity index is 1.98. The summed E-state index contributed by atoms with van der Waals surface area (Å²) in [4.78, 5) is 8.74. The molecule has 2 aliphatic carbocycles. The second-order valence-electron chi connectivity index (χ2n) is 9.33. The number of nitro groups is 1. The summed E-state index contributed by atoms with van der Waals surface area (Å²) in [6.45, 7) is 5.96. The summed E-state index contributed by atoms with van der Waals surface area (Å²) in [7, 11) is -4.68. The minimum atomic E-state index is -4.68. The zero-order valence-corrected chi connectivity index (χ0v) is 18.5. The number of pyridine rings is 1. The van der Waals surface area contributed by atoms with Crippen LogP contribution in [0.2, 0.25) is 0 Å². The van der Waals surface area contributed by atoms with E-state index >= 15 is 0 Å². The van der Waals surface area contributed by atoms with Crippen LogP contribution < -0.4 is 15.6 Å². The number of nitrogens with zero attached hydrogens (tertiary/aromatic N) is 2. The molecule has 1 aromatic heterocycles. The number of nitrogens with two attached hydrogens (primary N) is 1. The number of benzene rings is 1. The molecule has 0 radical (unpaired) electrons. The molecule has 4 unspecified atom stereocenters. The van der Waals surface area contributed by atoms with Crippen molar-refractivity contribution in [2.45, 2.75) is 44.5 Å². The molecule has 1 heterocycles. The normalized spacial score (nSPS) is 31.5. The number of nitrogens with one attached hydrogen (secondary N) is 1. The third-order valence-corrected chi connectivity index (χ3v) is 9.56. The Morgan fingerprint density at radius 2 is 1.87 bits per heavy atom. The lowest BCUT2D eigenvalue weighted by Gasteiger charge is -2.47. The average molecular weight is 448 g/mol. The van der Waals surface area contributed by atoms with E-state index in [0.717, 1.165) is 6.42 Å². The van der Waals surface area contributed by atoms with Crippen molar-refractivity contribution in [3.05, 3.63) is 58.9 Å². The van der Waals surface area contributed by atoms with Crippen LogP contribution in [0.1, 0.15) is 39.7 Å². The quantitative estimate of drug-likeness (QED) is 0.210. The predicted octanol–water partition coefficient (Wildman–Crippen LogP) is 3.16. The Morgan fingerprint density at radius 1 is 1.23 bits per heavy atom. The van der Waals surface area contributed by atoms with Gasteiger partial charge in [-0.3, -0.25) is 14.7 Å². The van der Waals surface area contributed by atoms with E-state index in [9.17, 15) is 23.1 Å². The molecular weight excluding hydrogens is 420 g/mol. The van der Waals surface area contributed by atoms with Gasteiger partial charge in [-0.25, -0.2) is 0 Å². The SMILES string of the molecule is CC1(C)C2CCC1(C)C(Nc1ccc([N+](=O)[O-])cc1N)(S(=O)(=O)O)C2[n+]1ccccc1. The molecule has 4 N–H and O–H groups in total. The number of nitrogen functional groups attached to an aromatic ring is 1. The zero-order chi connectivity index (χ0) is 22.8. The smallest absolute Gasteiger partial charge is 0.296 e. The molecule has 2 aliphatic rings. The summed E-state index contributed by atoms with van der Waals surface area (Å²) >= 11 is 0. The highest BCUT2D eigenvalue weighted by Crippen LogP contribution is 2.74. The van der Waals surface area contributed by atoms with Crippen molar-refractivity contribution < 1.29 is 22.5 Å². The second-order valence-corrected chi connectivity index (χ2v) is 10.9. The van der Waals surface area contributed by atoms with Crippen LogP contribution in [0.15, 0.2) is 48.8 Å². The van der Waals surface area contributed by atoms with Crippen molar-refractivity contribution in [2.75, 3.05) is 11.1 Å². The van der Waals surface area contributed by atoms with Crippen LogP contribution in [0, 0.1) is 26.9 Å². The molecule has 0 aliphatic heterocycles. The second kappa shape index (κ2) is 6.64. The van der Waals surface area contributed by atoms with Crippen LogP contribution in [0.25, 0.3) is 0 Å². The van der Waals surface area contributed by atoms with Gasteiger partial charge in [0.25, 0.3) is 15.8 Å². The minimum Gasteiger partial charge on any atom is -0.397 e. The third kappa shape index (κ3) is 2.71. The Hall–Kier alpha value is -2.72. The lowest BCUT2D eigenvalue weighted by Crippen LogP contribution is -2.67. The van der Waals surface area contributed by atoms with Gasteiger partial charge in [0.1, 0.15) is 0 Å². The zero-order valence-electron chi connectivity index (χ0n) is 17.6. The molecule has 2 saturated carbocycles. The largest absolute Gasteiger partial charge is 0.397 e. The van der Waals surface area contributed by atoms with E-state index in [1.54, 1.807) is 12.4 Å². The molecule has 0 spiro atoms. The summed E-state index contributed by atoms with van der Waals surface area (Å²) in [6, 6.07) is 8.70. The summed E-state index contributed by atoms with van der Waals surface area (Å²) in [5.41, 5.74) is 4.88. The standard InChI is InChI=1S/C21H26N4O5S/c1-19(2)15-9-10-20(19,3)21(31(28,29)30,18(15)24-11-5-4-6-12-24)23-17-8-7-14(25(26)27)13-16(17)22/h4-8,11-13,15,18,23H,9-10,22H2,1-3H3/p+1. The number of nitro benzene ring substituents is 1.